The number of carbonyl (C=O) groups excluding carboxylic acids is 3. The van der Waals surface area contributed by atoms with Gasteiger partial charge in [-0.1, -0.05) is 12.1 Å². The lowest BCUT2D eigenvalue weighted by Crippen LogP contribution is -2.14. The highest BCUT2D eigenvalue weighted by atomic mass is 32.2. The molecule has 0 radical (unpaired) electrons. The summed E-state index contributed by atoms with van der Waals surface area (Å²) < 4.78 is 4.70. The third-order valence-electron chi connectivity index (χ3n) is 3.34. The van der Waals surface area contributed by atoms with E-state index in [1.807, 2.05) is 6.07 Å². The van der Waals surface area contributed by atoms with Crippen molar-refractivity contribution >= 4 is 40.9 Å². The van der Waals surface area contributed by atoms with Crippen LogP contribution in [0.1, 0.15) is 22.8 Å². The van der Waals surface area contributed by atoms with Gasteiger partial charge >= 0.3 is 5.97 Å². The van der Waals surface area contributed by atoms with E-state index in [0.29, 0.717) is 22.7 Å². The highest BCUT2D eigenvalue weighted by molar-refractivity contribution is 7.99. The van der Waals surface area contributed by atoms with Crippen LogP contribution >= 0.6 is 11.8 Å². The molecule has 0 aliphatic rings. The predicted octanol–water partition coefficient (Wildman–Crippen LogP) is 3.30. The van der Waals surface area contributed by atoms with Crippen LogP contribution in [-0.2, 0) is 20.1 Å². The minimum absolute atomic E-state index is 0.119. The van der Waals surface area contributed by atoms with Gasteiger partial charge in [-0.05, 0) is 42.0 Å². The Kier molecular flexibility index (Phi) is 7.23. The highest BCUT2D eigenvalue weighted by Crippen LogP contribution is 2.16. The quantitative estimate of drug-likeness (QED) is 0.729. The van der Waals surface area contributed by atoms with E-state index in [1.54, 1.807) is 42.5 Å². The van der Waals surface area contributed by atoms with Crippen LogP contribution in [0.5, 0.6) is 0 Å². The molecular formula is C19H20N2O4S. The third-order valence-corrected chi connectivity index (χ3v) is 4.34. The van der Waals surface area contributed by atoms with Crippen molar-refractivity contribution in [3.8, 4) is 0 Å². The number of methoxy groups -OCH3 is 1. The Balaban J connectivity index is 1.80. The topological polar surface area (TPSA) is 84.5 Å². The first-order valence-electron chi connectivity index (χ1n) is 7.90. The molecule has 0 aliphatic heterocycles. The monoisotopic (exact) mass is 372 g/mol. The van der Waals surface area contributed by atoms with Gasteiger partial charge in [0.2, 0.25) is 11.8 Å². The standard InChI is InChI=1S/C19H20N2O4S/c1-13(22)20-16-6-8-17(9-7-16)21-18(23)12-26-11-14-4-3-5-15(10-14)19(24)25-2/h3-10H,11-12H2,1-2H3,(H,20,22)(H,21,23). The van der Waals surface area contributed by atoms with Crippen molar-refractivity contribution in [1.29, 1.82) is 0 Å². The Morgan fingerprint density at radius 1 is 1.00 bits per heavy atom. The minimum Gasteiger partial charge on any atom is -0.465 e. The van der Waals surface area contributed by atoms with Crippen LogP contribution in [-0.4, -0.2) is 30.6 Å². The predicted molar refractivity (Wildman–Crippen MR) is 103 cm³/mol. The fourth-order valence-corrected chi connectivity index (χ4v) is 2.98. The second-order valence-corrected chi connectivity index (χ2v) is 6.48. The summed E-state index contributed by atoms with van der Waals surface area (Å²) >= 11 is 1.45. The Morgan fingerprint density at radius 3 is 2.27 bits per heavy atom. The van der Waals surface area contributed by atoms with Gasteiger partial charge in [0, 0.05) is 24.1 Å². The van der Waals surface area contributed by atoms with E-state index in [-0.39, 0.29) is 23.5 Å². The normalized spacial score (nSPS) is 10.1. The maximum absolute atomic E-state index is 12.0. The van der Waals surface area contributed by atoms with Crippen molar-refractivity contribution in [3.63, 3.8) is 0 Å². The lowest BCUT2D eigenvalue weighted by atomic mass is 10.1. The second kappa shape index (κ2) is 9.62. The van der Waals surface area contributed by atoms with Gasteiger partial charge < -0.3 is 15.4 Å². The van der Waals surface area contributed by atoms with E-state index in [0.717, 1.165) is 5.56 Å². The van der Waals surface area contributed by atoms with E-state index in [9.17, 15) is 14.4 Å². The summed E-state index contributed by atoms with van der Waals surface area (Å²) in [7, 11) is 1.34. The molecule has 0 heterocycles. The zero-order valence-corrected chi connectivity index (χ0v) is 15.4. The lowest BCUT2D eigenvalue weighted by Gasteiger charge is -2.07. The number of carbonyl (C=O) groups is 3. The first-order chi connectivity index (χ1) is 12.5. The zero-order valence-electron chi connectivity index (χ0n) is 14.6. The van der Waals surface area contributed by atoms with Crippen molar-refractivity contribution in [2.24, 2.45) is 0 Å². The smallest absolute Gasteiger partial charge is 0.337 e. The average Bonchev–Trinajstić information content (AvgIpc) is 2.62. The molecule has 0 aromatic heterocycles. The van der Waals surface area contributed by atoms with Crippen molar-refractivity contribution in [3.05, 3.63) is 59.7 Å². The summed E-state index contributed by atoms with van der Waals surface area (Å²) in [6.07, 6.45) is 0. The number of hydrogen-bond donors (Lipinski definition) is 2. The Morgan fingerprint density at radius 2 is 1.65 bits per heavy atom. The molecule has 0 saturated carbocycles. The molecule has 2 rings (SSSR count). The number of benzene rings is 2. The van der Waals surface area contributed by atoms with Crippen LogP contribution in [0.4, 0.5) is 11.4 Å². The minimum atomic E-state index is -0.377. The number of thioether (sulfide) groups is 1. The van der Waals surface area contributed by atoms with Crippen molar-refractivity contribution in [1.82, 2.24) is 0 Å². The van der Waals surface area contributed by atoms with Crippen molar-refractivity contribution < 1.29 is 19.1 Å². The lowest BCUT2D eigenvalue weighted by molar-refractivity contribution is -0.114. The third kappa shape index (κ3) is 6.25. The van der Waals surface area contributed by atoms with Gasteiger partial charge in [-0.25, -0.2) is 4.79 Å². The molecule has 7 heteroatoms. The van der Waals surface area contributed by atoms with Gasteiger partial charge in [0.25, 0.3) is 0 Å². The molecular weight excluding hydrogens is 352 g/mol. The average molecular weight is 372 g/mol. The highest BCUT2D eigenvalue weighted by Gasteiger charge is 2.07. The van der Waals surface area contributed by atoms with E-state index < -0.39 is 0 Å². The van der Waals surface area contributed by atoms with E-state index >= 15 is 0 Å². The number of nitrogens with one attached hydrogen (secondary N) is 2. The van der Waals surface area contributed by atoms with Gasteiger partial charge in [-0.2, -0.15) is 0 Å². The van der Waals surface area contributed by atoms with Crippen molar-refractivity contribution in [2.45, 2.75) is 12.7 Å². The summed E-state index contributed by atoms with van der Waals surface area (Å²) in [5, 5.41) is 5.47. The molecule has 0 unspecified atom stereocenters. The number of rotatable bonds is 7. The Labute approximate surface area is 156 Å². The first-order valence-corrected chi connectivity index (χ1v) is 9.06. The number of hydrogen-bond acceptors (Lipinski definition) is 5. The van der Waals surface area contributed by atoms with Gasteiger partial charge in [-0.3, -0.25) is 9.59 Å². The largest absolute Gasteiger partial charge is 0.465 e. The molecule has 0 spiro atoms. The Hall–Kier alpha value is -2.80. The number of ether oxygens (including phenoxy) is 1. The van der Waals surface area contributed by atoms with Gasteiger partial charge in [0.1, 0.15) is 0 Å². The molecule has 26 heavy (non-hydrogen) atoms. The zero-order chi connectivity index (χ0) is 18.9. The van der Waals surface area contributed by atoms with Gasteiger partial charge in [-0.15, -0.1) is 11.8 Å². The van der Waals surface area contributed by atoms with E-state index in [1.165, 1.54) is 25.8 Å². The fraction of sp³-hybridized carbons (Fsp3) is 0.211. The SMILES string of the molecule is COC(=O)c1cccc(CSCC(=O)Nc2ccc(NC(C)=O)cc2)c1. The fourth-order valence-electron chi connectivity index (χ4n) is 2.20. The van der Waals surface area contributed by atoms with Crippen LogP contribution in [0.15, 0.2) is 48.5 Å². The van der Waals surface area contributed by atoms with E-state index in [4.69, 9.17) is 4.74 Å². The van der Waals surface area contributed by atoms with E-state index in [2.05, 4.69) is 10.6 Å². The molecule has 2 amide bonds. The molecule has 6 nitrogen and oxygen atoms in total. The van der Waals surface area contributed by atoms with Crippen LogP contribution < -0.4 is 10.6 Å². The summed E-state index contributed by atoms with van der Waals surface area (Å²) in [5.74, 6) is 0.258. The maximum atomic E-state index is 12.0. The van der Waals surface area contributed by atoms with Crippen molar-refractivity contribution in [2.75, 3.05) is 23.5 Å². The number of amides is 2. The van der Waals surface area contributed by atoms with Gasteiger partial charge in [0.15, 0.2) is 0 Å². The first kappa shape index (κ1) is 19.5. The summed E-state index contributed by atoms with van der Waals surface area (Å²) in [6, 6.07) is 14.1. The molecule has 0 fully saturated rings. The Bertz CT molecular complexity index is 790. The molecule has 0 saturated heterocycles. The summed E-state index contributed by atoms with van der Waals surface area (Å²) in [4.78, 5) is 34.5. The number of anilines is 2. The molecule has 2 aromatic rings. The molecule has 2 N–H and O–H groups in total. The van der Waals surface area contributed by atoms with Crippen LogP contribution in [0.25, 0.3) is 0 Å². The number of esters is 1. The van der Waals surface area contributed by atoms with Crippen LogP contribution in [0, 0.1) is 0 Å². The van der Waals surface area contributed by atoms with Crippen LogP contribution in [0.3, 0.4) is 0 Å². The summed E-state index contributed by atoms with van der Waals surface area (Å²) in [5.41, 5.74) is 2.78. The van der Waals surface area contributed by atoms with Gasteiger partial charge in [0.05, 0.1) is 18.4 Å². The molecule has 136 valence electrons. The second-order valence-electron chi connectivity index (χ2n) is 5.49. The molecule has 0 aliphatic carbocycles. The molecule has 2 aromatic carbocycles. The maximum Gasteiger partial charge on any atom is 0.337 e. The summed E-state index contributed by atoms with van der Waals surface area (Å²) in [6.45, 7) is 1.44. The van der Waals surface area contributed by atoms with Crippen LogP contribution in [0.2, 0.25) is 0 Å². The molecule has 0 bridgehead atoms. The molecule has 0 atom stereocenters.